The Morgan fingerprint density at radius 3 is 2.33 bits per heavy atom. The SMILES string of the molecule is CCOc1ccc(-c2nnc3n(CC)c4c(=O)n(C)c(=O)n(C)c4n23)cc1. The summed E-state index contributed by atoms with van der Waals surface area (Å²) in [5.41, 5.74) is 0.981. The van der Waals surface area contributed by atoms with Crippen molar-refractivity contribution in [3.8, 4) is 17.1 Å². The van der Waals surface area contributed by atoms with Crippen molar-refractivity contribution in [2.24, 2.45) is 14.1 Å². The van der Waals surface area contributed by atoms with Gasteiger partial charge < -0.3 is 9.30 Å². The molecule has 1 aromatic carbocycles. The molecule has 4 aromatic rings. The predicted octanol–water partition coefficient (Wildman–Crippen LogP) is 1.17. The number of hydrogen-bond acceptors (Lipinski definition) is 5. The van der Waals surface area contributed by atoms with Crippen molar-refractivity contribution in [3.63, 3.8) is 0 Å². The number of rotatable bonds is 4. The van der Waals surface area contributed by atoms with Crippen LogP contribution < -0.4 is 16.0 Å². The van der Waals surface area contributed by atoms with E-state index in [1.54, 1.807) is 16.0 Å². The molecule has 27 heavy (non-hydrogen) atoms. The second kappa shape index (κ2) is 6.11. The number of aryl methyl sites for hydroxylation is 2. The van der Waals surface area contributed by atoms with E-state index in [1.165, 1.54) is 11.6 Å². The number of nitrogens with zero attached hydrogens (tertiary/aromatic N) is 6. The first-order valence-corrected chi connectivity index (χ1v) is 8.76. The van der Waals surface area contributed by atoms with E-state index in [4.69, 9.17) is 4.74 Å². The van der Waals surface area contributed by atoms with Crippen molar-refractivity contribution in [3.05, 3.63) is 45.1 Å². The summed E-state index contributed by atoms with van der Waals surface area (Å²) in [5.74, 6) is 1.85. The predicted molar refractivity (Wildman–Crippen MR) is 101 cm³/mol. The lowest BCUT2D eigenvalue weighted by Gasteiger charge is -2.07. The van der Waals surface area contributed by atoms with Crippen LogP contribution in [-0.2, 0) is 20.6 Å². The lowest BCUT2D eigenvalue weighted by molar-refractivity contribution is 0.340. The molecule has 0 aliphatic rings. The van der Waals surface area contributed by atoms with E-state index < -0.39 is 5.69 Å². The van der Waals surface area contributed by atoms with Crippen molar-refractivity contribution in [2.75, 3.05) is 6.61 Å². The van der Waals surface area contributed by atoms with Gasteiger partial charge in [0.05, 0.1) is 6.61 Å². The first-order chi connectivity index (χ1) is 13.0. The summed E-state index contributed by atoms with van der Waals surface area (Å²) in [7, 11) is 3.12. The number of fused-ring (bicyclic) bond motifs is 3. The Labute approximate surface area is 154 Å². The summed E-state index contributed by atoms with van der Waals surface area (Å²) in [5, 5.41) is 8.59. The van der Waals surface area contributed by atoms with Crippen molar-refractivity contribution in [1.29, 1.82) is 0 Å². The molecule has 9 nitrogen and oxygen atoms in total. The van der Waals surface area contributed by atoms with Crippen molar-refractivity contribution in [1.82, 2.24) is 28.3 Å². The van der Waals surface area contributed by atoms with Gasteiger partial charge in [0, 0.05) is 26.2 Å². The Balaban J connectivity index is 2.10. The molecule has 0 amide bonds. The molecule has 0 unspecified atom stereocenters. The van der Waals surface area contributed by atoms with Crippen LogP contribution in [0.15, 0.2) is 33.9 Å². The van der Waals surface area contributed by atoms with Gasteiger partial charge in [0.15, 0.2) is 17.0 Å². The summed E-state index contributed by atoms with van der Waals surface area (Å²) < 4.78 is 11.6. The Hall–Kier alpha value is -3.36. The Bertz CT molecular complexity index is 1270. The van der Waals surface area contributed by atoms with Gasteiger partial charge in [-0.1, -0.05) is 0 Å². The number of hydrogen-bond donors (Lipinski definition) is 0. The molecular formula is C18H20N6O3. The summed E-state index contributed by atoms with van der Waals surface area (Å²) in [4.78, 5) is 25.2. The lowest BCUT2D eigenvalue weighted by Crippen LogP contribution is -2.37. The van der Waals surface area contributed by atoms with E-state index >= 15 is 0 Å². The fourth-order valence-electron chi connectivity index (χ4n) is 3.41. The van der Waals surface area contributed by atoms with E-state index in [0.717, 1.165) is 15.9 Å². The van der Waals surface area contributed by atoms with Crippen molar-refractivity contribution in [2.45, 2.75) is 20.4 Å². The summed E-state index contributed by atoms with van der Waals surface area (Å²) >= 11 is 0. The third kappa shape index (κ3) is 2.31. The fraction of sp³-hybridized carbons (Fsp3) is 0.333. The Kier molecular flexibility index (Phi) is 3.87. The van der Waals surface area contributed by atoms with Gasteiger partial charge >= 0.3 is 5.69 Å². The van der Waals surface area contributed by atoms with Gasteiger partial charge in [-0.2, -0.15) is 0 Å². The summed E-state index contributed by atoms with van der Waals surface area (Å²) in [6, 6.07) is 7.49. The Morgan fingerprint density at radius 2 is 1.70 bits per heavy atom. The van der Waals surface area contributed by atoms with Gasteiger partial charge in [-0.15, -0.1) is 10.2 Å². The Morgan fingerprint density at radius 1 is 1.00 bits per heavy atom. The topological polar surface area (TPSA) is 88.3 Å². The molecule has 0 spiro atoms. The van der Waals surface area contributed by atoms with Crippen LogP contribution in [0.2, 0.25) is 0 Å². The molecule has 0 radical (unpaired) electrons. The van der Waals surface area contributed by atoms with E-state index in [9.17, 15) is 9.59 Å². The smallest absolute Gasteiger partial charge is 0.332 e. The van der Waals surface area contributed by atoms with Crippen LogP contribution in [0, 0.1) is 0 Å². The molecule has 3 aromatic heterocycles. The molecule has 0 saturated heterocycles. The van der Waals surface area contributed by atoms with Crippen LogP contribution >= 0.6 is 0 Å². The van der Waals surface area contributed by atoms with E-state index in [-0.39, 0.29) is 5.56 Å². The first kappa shape index (κ1) is 17.1. The standard InChI is InChI=1S/C18H20N6O3/c1-5-23-13-15(21(3)18(26)22(4)16(13)25)24-14(19-20-17(23)24)11-7-9-12(10-8-11)27-6-2/h7-10H,5-6H2,1-4H3. The molecule has 0 fully saturated rings. The zero-order chi connectivity index (χ0) is 19.3. The maximum atomic E-state index is 12.8. The molecular weight excluding hydrogens is 348 g/mol. The van der Waals surface area contributed by atoms with E-state index in [0.29, 0.717) is 35.9 Å². The highest BCUT2D eigenvalue weighted by Crippen LogP contribution is 2.25. The monoisotopic (exact) mass is 368 g/mol. The zero-order valence-electron chi connectivity index (χ0n) is 15.6. The second-order valence-corrected chi connectivity index (χ2v) is 6.24. The molecule has 0 bridgehead atoms. The normalized spacial score (nSPS) is 11.6. The maximum Gasteiger partial charge on any atom is 0.332 e. The first-order valence-electron chi connectivity index (χ1n) is 8.76. The molecule has 4 rings (SSSR count). The van der Waals surface area contributed by atoms with Crippen LogP contribution in [-0.4, -0.2) is 34.9 Å². The number of ether oxygens (including phenoxy) is 1. The molecule has 0 aliphatic heterocycles. The fourth-order valence-corrected chi connectivity index (χ4v) is 3.41. The van der Waals surface area contributed by atoms with Crippen molar-refractivity contribution >= 4 is 16.9 Å². The van der Waals surface area contributed by atoms with Crippen LogP contribution in [0.5, 0.6) is 5.75 Å². The summed E-state index contributed by atoms with van der Waals surface area (Å²) in [6.07, 6.45) is 0. The van der Waals surface area contributed by atoms with Crippen LogP contribution in [0.25, 0.3) is 28.3 Å². The molecule has 0 aliphatic carbocycles. The highest BCUT2D eigenvalue weighted by molar-refractivity contribution is 5.79. The second-order valence-electron chi connectivity index (χ2n) is 6.24. The van der Waals surface area contributed by atoms with Crippen LogP contribution in [0.1, 0.15) is 13.8 Å². The van der Waals surface area contributed by atoms with E-state index in [2.05, 4.69) is 10.2 Å². The average molecular weight is 368 g/mol. The van der Waals surface area contributed by atoms with Gasteiger partial charge in [0.2, 0.25) is 5.78 Å². The third-order valence-electron chi connectivity index (χ3n) is 4.72. The quantitative estimate of drug-likeness (QED) is 0.539. The van der Waals surface area contributed by atoms with Gasteiger partial charge in [-0.3, -0.25) is 13.9 Å². The third-order valence-corrected chi connectivity index (χ3v) is 4.72. The zero-order valence-corrected chi connectivity index (χ0v) is 15.6. The minimum atomic E-state index is -0.394. The van der Waals surface area contributed by atoms with Crippen LogP contribution in [0.3, 0.4) is 0 Å². The maximum absolute atomic E-state index is 12.8. The summed E-state index contributed by atoms with van der Waals surface area (Å²) in [6.45, 7) is 4.97. The van der Waals surface area contributed by atoms with Crippen LogP contribution in [0.4, 0.5) is 0 Å². The van der Waals surface area contributed by atoms with E-state index in [1.807, 2.05) is 38.1 Å². The van der Waals surface area contributed by atoms with Crippen molar-refractivity contribution < 1.29 is 4.74 Å². The number of benzene rings is 1. The highest BCUT2D eigenvalue weighted by Gasteiger charge is 2.23. The van der Waals surface area contributed by atoms with Gasteiger partial charge in [-0.25, -0.2) is 9.20 Å². The largest absolute Gasteiger partial charge is 0.494 e. The van der Waals surface area contributed by atoms with Gasteiger partial charge in [0.1, 0.15) is 5.75 Å². The lowest BCUT2D eigenvalue weighted by atomic mass is 10.2. The molecule has 140 valence electrons. The highest BCUT2D eigenvalue weighted by atomic mass is 16.5. The molecule has 0 atom stereocenters. The molecule has 0 saturated carbocycles. The molecule has 0 N–H and O–H groups in total. The van der Waals surface area contributed by atoms with Gasteiger partial charge in [-0.05, 0) is 38.1 Å². The number of imidazole rings is 1. The molecule has 3 heterocycles. The minimum absolute atomic E-state index is 0.349. The average Bonchev–Trinajstić information content (AvgIpc) is 3.23. The van der Waals surface area contributed by atoms with Gasteiger partial charge in [0.25, 0.3) is 5.56 Å². The minimum Gasteiger partial charge on any atom is -0.494 e. The number of aromatic nitrogens is 6. The molecule has 9 heteroatoms.